The molecule has 0 spiro atoms. The Kier molecular flexibility index (Phi) is 10.7. The predicted molar refractivity (Wildman–Crippen MR) is 160 cm³/mol. The van der Waals surface area contributed by atoms with Gasteiger partial charge >= 0.3 is 6.03 Å². The fourth-order valence-electron chi connectivity index (χ4n) is 3.85. The van der Waals surface area contributed by atoms with Crippen molar-refractivity contribution in [3.63, 3.8) is 0 Å². The van der Waals surface area contributed by atoms with Crippen LogP contribution in [0.2, 0.25) is 10.0 Å². The van der Waals surface area contributed by atoms with Crippen molar-refractivity contribution >= 4 is 52.5 Å². The van der Waals surface area contributed by atoms with Gasteiger partial charge in [-0.15, -0.1) is 0 Å². The number of amides is 3. The Hall–Kier alpha value is -4.23. The number of aryl methyl sites for hydroxylation is 1. The van der Waals surface area contributed by atoms with Crippen LogP contribution in [0.25, 0.3) is 5.69 Å². The Morgan fingerprint density at radius 1 is 1.02 bits per heavy atom. The first-order valence-corrected chi connectivity index (χ1v) is 13.7. The van der Waals surface area contributed by atoms with Crippen LogP contribution in [0.1, 0.15) is 31.0 Å². The van der Waals surface area contributed by atoms with E-state index in [1.165, 1.54) is 31.6 Å². The van der Waals surface area contributed by atoms with E-state index in [1.54, 1.807) is 22.9 Å². The van der Waals surface area contributed by atoms with Crippen molar-refractivity contribution in [2.24, 2.45) is 0 Å². The minimum Gasteiger partial charge on any atom is -0.437 e. The van der Waals surface area contributed by atoms with E-state index in [-0.39, 0.29) is 46.4 Å². The Labute approximate surface area is 252 Å². The van der Waals surface area contributed by atoms with Crippen molar-refractivity contribution in [1.29, 1.82) is 0 Å². The van der Waals surface area contributed by atoms with Crippen LogP contribution in [0.3, 0.4) is 0 Å². The number of ether oxygens (including phenoxy) is 2. The zero-order valence-corrected chi connectivity index (χ0v) is 24.4. The molecule has 42 heavy (non-hydrogen) atoms. The summed E-state index contributed by atoms with van der Waals surface area (Å²) in [5.74, 6) is 0.526. The topological polar surface area (TPSA) is 153 Å². The SMILES string of the molecule is CCCCc1cc(NC(=O)Nc2ccc(Oc3cc(NC(=O)COC)ncn3)c(Cl)c2Cl)n(-c2cccc(CO)c2)n1. The molecule has 4 N–H and O–H groups in total. The number of aliphatic hydroxyl groups excluding tert-OH is 1. The summed E-state index contributed by atoms with van der Waals surface area (Å²) >= 11 is 12.9. The average molecular weight is 614 g/mol. The minimum atomic E-state index is -0.574. The summed E-state index contributed by atoms with van der Waals surface area (Å²) in [6.45, 7) is 1.83. The van der Waals surface area contributed by atoms with Gasteiger partial charge in [0.25, 0.3) is 5.91 Å². The standard InChI is InChI=1S/C28H29Cl2N7O5/c1-3-4-7-18-12-23(37(36-18)19-8-5-6-17(11-19)14-38)35-28(40)33-20-9-10-21(27(30)26(20)29)42-25-13-22(31-16-32-25)34-24(39)15-41-2/h5-6,8-13,16,38H,3-4,7,14-15H2,1-2H3,(H2,33,35,40)(H,31,32,34,39). The van der Waals surface area contributed by atoms with Crippen LogP contribution in [0.5, 0.6) is 11.6 Å². The summed E-state index contributed by atoms with van der Waals surface area (Å²) in [6, 6.07) is 12.9. The van der Waals surface area contributed by atoms with Crippen molar-refractivity contribution in [2.45, 2.75) is 32.8 Å². The molecule has 2 heterocycles. The van der Waals surface area contributed by atoms with Gasteiger partial charge in [-0.05, 0) is 42.7 Å². The maximum atomic E-state index is 13.0. The number of carbonyl (C=O) groups excluding carboxylic acids is 2. The number of rotatable bonds is 12. The molecule has 0 bridgehead atoms. The van der Waals surface area contributed by atoms with Gasteiger partial charge in [0.05, 0.1) is 28.7 Å². The maximum absolute atomic E-state index is 13.0. The number of methoxy groups -OCH3 is 1. The number of aromatic nitrogens is 4. The molecule has 2 aromatic carbocycles. The van der Waals surface area contributed by atoms with E-state index in [9.17, 15) is 14.7 Å². The van der Waals surface area contributed by atoms with E-state index < -0.39 is 11.9 Å². The number of benzene rings is 2. The Morgan fingerprint density at radius 2 is 1.86 bits per heavy atom. The molecule has 0 atom stereocenters. The van der Waals surface area contributed by atoms with E-state index in [0.29, 0.717) is 17.1 Å². The highest BCUT2D eigenvalue weighted by molar-refractivity contribution is 6.45. The quantitative estimate of drug-likeness (QED) is 0.156. The van der Waals surface area contributed by atoms with Gasteiger partial charge in [0, 0.05) is 19.2 Å². The van der Waals surface area contributed by atoms with Gasteiger partial charge in [0.1, 0.15) is 35.3 Å². The smallest absolute Gasteiger partial charge is 0.324 e. The summed E-state index contributed by atoms with van der Waals surface area (Å²) < 4.78 is 12.1. The third kappa shape index (κ3) is 7.95. The fraction of sp³-hybridized carbons (Fsp3) is 0.250. The molecule has 0 saturated carbocycles. The number of urea groups is 1. The number of nitrogens with one attached hydrogen (secondary N) is 3. The van der Waals surface area contributed by atoms with E-state index in [0.717, 1.165) is 25.0 Å². The molecule has 4 rings (SSSR count). The third-order valence-electron chi connectivity index (χ3n) is 5.82. The Morgan fingerprint density at radius 3 is 2.62 bits per heavy atom. The number of hydrogen-bond acceptors (Lipinski definition) is 8. The van der Waals surface area contributed by atoms with Gasteiger partial charge in [-0.1, -0.05) is 48.7 Å². The van der Waals surface area contributed by atoms with Crippen molar-refractivity contribution < 1.29 is 24.2 Å². The lowest BCUT2D eigenvalue weighted by Gasteiger charge is -2.14. The highest BCUT2D eigenvalue weighted by atomic mass is 35.5. The minimum absolute atomic E-state index is 0.0331. The van der Waals surface area contributed by atoms with Crippen LogP contribution in [-0.2, 0) is 22.6 Å². The molecule has 3 amide bonds. The predicted octanol–water partition coefficient (Wildman–Crippen LogP) is 5.83. The molecule has 4 aromatic rings. The second kappa shape index (κ2) is 14.6. The van der Waals surface area contributed by atoms with Crippen molar-refractivity contribution in [3.05, 3.63) is 76.2 Å². The second-order valence-corrected chi connectivity index (χ2v) is 9.76. The molecule has 2 aromatic heterocycles. The molecule has 0 saturated heterocycles. The number of hydrogen-bond donors (Lipinski definition) is 4. The van der Waals surface area contributed by atoms with E-state index in [1.807, 2.05) is 12.1 Å². The van der Waals surface area contributed by atoms with Gasteiger partial charge < -0.3 is 25.2 Å². The highest BCUT2D eigenvalue weighted by Gasteiger charge is 2.17. The number of nitrogens with zero attached hydrogens (tertiary/aromatic N) is 4. The van der Waals surface area contributed by atoms with E-state index >= 15 is 0 Å². The third-order valence-corrected chi connectivity index (χ3v) is 6.68. The van der Waals surface area contributed by atoms with E-state index in [2.05, 4.69) is 37.9 Å². The Bertz CT molecular complexity index is 1560. The molecular formula is C28H29Cl2N7O5. The molecule has 0 aliphatic carbocycles. The lowest BCUT2D eigenvalue weighted by Crippen LogP contribution is -2.21. The molecule has 0 aliphatic heterocycles. The average Bonchev–Trinajstić information content (AvgIpc) is 3.38. The zero-order valence-electron chi connectivity index (χ0n) is 22.9. The van der Waals surface area contributed by atoms with Crippen LogP contribution in [0.4, 0.5) is 22.1 Å². The number of carbonyl (C=O) groups is 2. The van der Waals surface area contributed by atoms with Crippen molar-refractivity contribution in [2.75, 3.05) is 29.7 Å². The number of halogens is 2. The van der Waals surface area contributed by atoms with E-state index in [4.69, 9.17) is 32.7 Å². The number of aliphatic hydroxyl groups is 1. The molecule has 0 fully saturated rings. The maximum Gasteiger partial charge on any atom is 0.324 e. The summed E-state index contributed by atoms with van der Waals surface area (Å²) in [5.41, 5.74) is 2.45. The zero-order chi connectivity index (χ0) is 30.1. The molecular weight excluding hydrogens is 585 g/mol. The van der Waals surface area contributed by atoms with Crippen LogP contribution < -0.4 is 20.7 Å². The summed E-state index contributed by atoms with van der Waals surface area (Å²) in [6.07, 6.45) is 3.90. The van der Waals surface area contributed by atoms with Crippen molar-refractivity contribution in [1.82, 2.24) is 19.7 Å². The molecule has 14 heteroatoms. The van der Waals surface area contributed by atoms with Gasteiger partial charge in [-0.25, -0.2) is 19.4 Å². The van der Waals surface area contributed by atoms with Crippen LogP contribution >= 0.6 is 23.2 Å². The Balaban J connectivity index is 1.49. The summed E-state index contributed by atoms with van der Waals surface area (Å²) in [4.78, 5) is 32.8. The first-order valence-electron chi connectivity index (χ1n) is 12.9. The summed E-state index contributed by atoms with van der Waals surface area (Å²) in [5, 5.41) is 22.4. The molecule has 0 aliphatic rings. The van der Waals surface area contributed by atoms with Gasteiger partial charge in [-0.2, -0.15) is 5.10 Å². The molecule has 220 valence electrons. The lowest BCUT2D eigenvalue weighted by molar-refractivity contribution is -0.119. The normalized spacial score (nSPS) is 10.8. The second-order valence-electron chi connectivity index (χ2n) is 9.01. The fourth-order valence-corrected chi connectivity index (χ4v) is 4.25. The van der Waals surface area contributed by atoms with Crippen LogP contribution in [-0.4, -0.2) is 50.5 Å². The van der Waals surface area contributed by atoms with Gasteiger partial charge in [0.2, 0.25) is 5.88 Å². The summed E-state index contributed by atoms with van der Waals surface area (Å²) in [7, 11) is 1.40. The number of unbranched alkanes of at least 4 members (excludes halogenated alkanes) is 1. The highest BCUT2D eigenvalue weighted by Crippen LogP contribution is 2.39. The van der Waals surface area contributed by atoms with Crippen LogP contribution in [0, 0.1) is 0 Å². The lowest BCUT2D eigenvalue weighted by atomic mass is 10.2. The monoisotopic (exact) mass is 613 g/mol. The molecule has 0 radical (unpaired) electrons. The molecule has 0 unspecified atom stereocenters. The van der Waals surface area contributed by atoms with Crippen molar-refractivity contribution in [3.8, 4) is 17.3 Å². The first kappa shape index (κ1) is 30.7. The largest absolute Gasteiger partial charge is 0.437 e. The number of anilines is 3. The molecule has 12 nitrogen and oxygen atoms in total. The first-order chi connectivity index (χ1) is 20.3. The van der Waals surface area contributed by atoms with Gasteiger partial charge in [0.15, 0.2) is 0 Å². The van der Waals surface area contributed by atoms with Gasteiger partial charge in [-0.3, -0.25) is 10.1 Å². The van der Waals surface area contributed by atoms with Crippen LogP contribution in [0.15, 0.2) is 54.9 Å².